The van der Waals surface area contributed by atoms with Crippen molar-refractivity contribution in [3.63, 3.8) is 0 Å². The van der Waals surface area contributed by atoms with Crippen LogP contribution in [0.1, 0.15) is 37.1 Å². The first kappa shape index (κ1) is 23.2. The van der Waals surface area contributed by atoms with Gasteiger partial charge >= 0.3 is 0 Å². The number of piperidine rings is 1. The molecular formula is C23H27ClN4O2S2. The number of sulfone groups is 1. The molecule has 1 aliphatic heterocycles. The van der Waals surface area contributed by atoms with Crippen LogP contribution in [0.5, 0.6) is 0 Å². The zero-order valence-electron chi connectivity index (χ0n) is 18.2. The van der Waals surface area contributed by atoms with E-state index >= 15 is 0 Å². The predicted molar refractivity (Wildman–Crippen MR) is 130 cm³/mol. The molecule has 0 saturated carbocycles. The summed E-state index contributed by atoms with van der Waals surface area (Å²) in [5.74, 6) is 0.468. The van der Waals surface area contributed by atoms with Crippen molar-refractivity contribution >= 4 is 38.6 Å². The molecule has 0 amide bonds. The fraction of sp³-hybridized carbons (Fsp3) is 0.391. The number of likely N-dealkylation sites (tertiary alicyclic amines) is 1. The second-order valence-corrected chi connectivity index (χ2v) is 11.3. The van der Waals surface area contributed by atoms with Crippen LogP contribution in [-0.2, 0) is 15.6 Å². The highest BCUT2D eigenvalue weighted by Gasteiger charge is 2.28. The molecule has 170 valence electrons. The maximum atomic E-state index is 12.7. The second-order valence-electron chi connectivity index (χ2n) is 8.18. The molecule has 1 fully saturated rings. The number of aromatic nitrogens is 2. The molecule has 1 atom stereocenters. The van der Waals surface area contributed by atoms with Crippen LogP contribution < -0.4 is 4.90 Å². The molecule has 1 aliphatic rings. The number of anilines is 1. The van der Waals surface area contributed by atoms with Crippen LogP contribution in [0.4, 0.5) is 5.82 Å². The summed E-state index contributed by atoms with van der Waals surface area (Å²) in [6.07, 6.45) is 3.40. The summed E-state index contributed by atoms with van der Waals surface area (Å²) < 4.78 is 25.4. The van der Waals surface area contributed by atoms with Crippen LogP contribution in [0.15, 0.2) is 58.4 Å². The summed E-state index contributed by atoms with van der Waals surface area (Å²) in [4.78, 5) is 13.2. The Morgan fingerprint density at radius 2 is 1.94 bits per heavy atom. The zero-order valence-corrected chi connectivity index (χ0v) is 20.6. The van der Waals surface area contributed by atoms with Gasteiger partial charge in [-0.1, -0.05) is 41.9 Å². The van der Waals surface area contributed by atoms with Crippen LogP contribution >= 0.6 is 22.9 Å². The molecule has 2 aromatic heterocycles. The van der Waals surface area contributed by atoms with Crippen molar-refractivity contribution in [3.8, 4) is 0 Å². The van der Waals surface area contributed by atoms with E-state index in [2.05, 4.69) is 51.0 Å². The van der Waals surface area contributed by atoms with Gasteiger partial charge in [-0.3, -0.25) is 4.90 Å². The molecule has 9 heteroatoms. The monoisotopic (exact) mass is 490 g/mol. The van der Waals surface area contributed by atoms with Gasteiger partial charge in [-0.15, -0.1) is 11.3 Å². The quantitative estimate of drug-likeness (QED) is 0.472. The normalized spacial score (nSPS) is 16.7. The van der Waals surface area contributed by atoms with Gasteiger partial charge in [-0.25, -0.2) is 18.4 Å². The van der Waals surface area contributed by atoms with E-state index in [1.165, 1.54) is 29.2 Å². The second kappa shape index (κ2) is 9.87. The molecule has 0 spiro atoms. The lowest BCUT2D eigenvalue weighted by Crippen LogP contribution is -2.44. The summed E-state index contributed by atoms with van der Waals surface area (Å²) in [5, 5.41) is 2.09. The van der Waals surface area contributed by atoms with Crippen molar-refractivity contribution in [2.24, 2.45) is 0 Å². The number of hydrogen-bond donors (Lipinski definition) is 0. The first-order valence-corrected chi connectivity index (χ1v) is 13.6. The minimum absolute atomic E-state index is 0.124. The SMILES string of the molecule is C[C@H](c1ccccc1)N1CCC(N(C)c2ncc(S(=O)(=O)Cc3cscn3)cc2Cl)CC1. The highest BCUT2D eigenvalue weighted by Crippen LogP contribution is 2.31. The molecule has 3 heterocycles. The summed E-state index contributed by atoms with van der Waals surface area (Å²) in [6, 6.07) is 12.8. The Hall–Kier alpha value is -2.00. The van der Waals surface area contributed by atoms with E-state index in [0.29, 0.717) is 28.6 Å². The summed E-state index contributed by atoms with van der Waals surface area (Å²) in [6.45, 7) is 4.23. The maximum absolute atomic E-state index is 12.7. The molecule has 1 saturated heterocycles. The van der Waals surface area contributed by atoms with Gasteiger partial charge in [0.15, 0.2) is 9.84 Å². The first-order valence-electron chi connectivity index (χ1n) is 10.6. The minimum Gasteiger partial charge on any atom is -0.355 e. The summed E-state index contributed by atoms with van der Waals surface area (Å²) in [7, 11) is -1.56. The number of thiazole rings is 1. The van der Waals surface area contributed by atoms with Gasteiger partial charge in [0.2, 0.25) is 0 Å². The Labute approximate surface area is 198 Å². The van der Waals surface area contributed by atoms with E-state index in [1.807, 2.05) is 13.1 Å². The Bertz CT molecular complexity index is 1130. The third-order valence-electron chi connectivity index (χ3n) is 6.19. The molecular weight excluding hydrogens is 464 g/mol. The lowest BCUT2D eigenvalue weighted by Gasteiger charge is -2.40. The van der Waals surface area contributed by atoms with Crippen molar-refractivity contribution < 1.29 is 8.42 Å². The van der Waals surface area contributed by atoms with Crippen molar-refractivity contribution in [2.45, 2.75) is 42.5 Å². The highest BCUT2D eigenvalue weighted by molar-refractivity contribution is 7.90. The summed E-state index contributed by atoms with van der Waals surface area (Å²) >= 11 is 7.87. The van der Waals surface area contributed by atoms with E-state index in [9.17, 15) is 8.42 Å². The number of hydrogen-bond acceptors (Lipinski definition) is 7. The number of benzene rings is 1. The number of rotatable bonds is 7. The van der Waals surface area contributed by atoms with E-state index in [1.54, 1.807) is 10.9 Å². The highest BCUT2D eigenvalue weighted by atomic mass is 35.5. The topological polar surface area (TPSA) is 66.4 Å². The molecule has 1 aromatic carbocycles. The van der Waals surface area contributed by atoms with Crippen molar-refractivity contribution in [1.82, 2.24) is 14.9 Å². The third kappa shape index (κ3) is 5.14. The van der Waals surface area contributed by atoms with E-state index in [4.69, 9.17) is 11.6 Å². The average molecular weight is 491 g/mol. The molecule has 0 N–H and O–H groups in total. The largest absolute Gasteiger partial charge is 0.355 e. The molecule has 0 radical (unpaired) electrons. The molecule has 32 heavy (non-hydrogen) atoms. The van der Waals surface area contributed by atoms with Crippen molar-refractivity contribution in [1.29, 1.82) is 0 Å². The van der Waals surface area contributed by atoms with Crippen LogP contribution in [-0.4, -0.2) is 49.5 Å². The first-order chi connectivity index (χ1) is 15.3. The number of pyridine rings is 1. The van der Waals surface area contributed by atoms with Crippen molar-refractivity contribution in [2.75, 3.05) is 25.0 Å². The molecule has 3 aromatic rings. The fourth-order valence-electron chi connectivity index (χ4n) is 4.21. The molecule has 0 bridgehead atoms. The van der Waals surface area contributed by atoms with Crippen molar-refractivity contribution in [3.05, 3.63) is 69.8 Å². The summed E-state index contributed by atoms with van der Waals surface area (Å²) in [5.41, 5.74) is 3.49. The Morgan fingerprint density at radius 3 is 2.56 bits per heavy atom. The van der Waals surface area contributed by atoms with Gasteiger partial charge in [0.1, 0.15) is 5.82 Å². The Balaban J connectivity index is 1.41. The van der Waals surface area contributed by atoms with Gasteiger partial charge in [-0.2, -0.15) is 0 Å². The van der Waals surface area contributed by atoms with Gasteiger partial charge in [0.25, 0.3) is 0 Å². The molecule has 0 unspecified atom stereocenters. The molecule has 0 aliphatic carbocycles. The van der Waals surface area contributed by atoms with Gasteiger partial charge < -0.3 is 4.90 Å². The molecule has 6 nitrogen and oxygen atoms in total. The Kier molecular flexibility index (Phi) is 7.14. The van der Waals surface area contributed by atoms with E-state index < -0.39 is 9.84 Å². The fourth-order valence-corrected chi connectivity index (χ4v) is 6.46. The number of nitrogens with zero attached hydrogens (tertiary/aromatic N) is 4. The lowest BCUT2D eigenvalue weighted by molar-refractivity contribution is 0.161. The van der Waals surface area contributed by atoms with Crippen LogP contribution in [0.2, 0.25) is 5.02 Å². The van der Waals surface area contributed by atoms with E-state index in [-0.39, 0.29) is 10.6 Å². The maximum Gasteiger partial charge on any atom is 0.185 e. The van der Waals surface area contributed by atoms with Gasteiger partial charge in [0, 0.05) is 43.8 Å². The standard InChI is InChI=1S/C23H27ClN4O2S2/c1-17(18-6-4-3-5-7-18)28-10-8-20(9-11-28)27(2)23-22(24)12-21(13-25-23)32(29,30)15-19-14-31-16-26-19/h3-7,12-14,16-17,20H,8-11,15H2,1-2H3/t17-/m1/s1. The average Bonchev–Trinajstić information content (AvgIpc) is 3.31. The lowest BCUT2D eigenvalue weighted by atomic mass is 9.99. The van der Waals surface area contributed by atoms with Crippen LogP contribution in [0, 0.1) is 0 Å². The Morgan fingerprint density at radius 1 is 1.22 bits per heavy atom. The van der Waals surface area contributed by atoms with E-state index in [0.717, 1.165) is 25.9 Å². The zero-order chi connectivity index (χ0) is 22.7. The van der Waals surface area contributed by atoms with Crippen LogP contribution in [0.3, 0.4) is 0 Å². The smallest absolute Gasteiger partial charge is 0.185 e. The predicted octanol–water partition coefficient (Wildman–Crippen LogP) is 4.83. The third-order valence-corrected chi connectivity index (χ3v) is 8.72. The minimum atomic E-state index is -3.54. The molecule has 4 rings (SSSR count). The number of halogens is 1. The van der Waals surface area contributed by atoms with Crippen LogP contribution in [0.25, 0.3) is 0 Å². The van der Waals surface area contributed by atoms with Gasteiger partial charge in [0.05, 0.1) is 26.9 Å². The van der Waals surface area contributed by atoms with Gasteiger partial charge in [-0.05, 0) is 31.4 Å².